The third kappa shape index (κ3) is 3.85. The molecular formula is C10H9ClO3S. The monoisotopic (exact) mass is 244 g/mol. The Bertz CT molecular complexity index is 395. The molecule has 0 aromatic carbocycles. The van der Waals surface area contributed by atoms with Crippen LogP contribution in [0.4, 0.5) is 0 Å². The van der Waals surface area contributed by atoms with Gasteiger partial charge in [0.05, 0.1) is 15.8 Å². The van der Waals surface area contributed by atoms with E-state index in [4.69, 9.17) is 11.6 Å². The molecular weight excluding hydrogens is 236 g/mol. The minimum atomic E-state index is -0.520. The second-order valence-corrected chi connectivity index (χ2v) is 4.27. The summed E-state index contributed by atoms with van der Waals surface area (Å²) >= 11 is 6.84. The van der Waals surface area contributed by atoms with Crippen molar-refractivity contribution in [3.8, 4) is 0 Å². The molecule has 0 fully saturated rings. The summed E-state index contributed by atoms with van der Waals surface area (Å²) in [6, 6.07) is 3.25. The molecule has 0 saturated carbocycles. The number of thiophene rings is 1. The van der Waals surface area contributed by atoms with Crippen molar-refractivity contribution < 1.29 is 14.3 Å². The maximum atomic E-state index is 11.4. The molecule has 0 saturated heterocycles. The topological polar surface area (TPSA) is 43.4 Å². The Kier molecular flexibility index (Phi) is 4.52. The van der Waals surface area contributed by atoms with Crippen LogP contribution in [0.5, 0.6) is 0 Å². The molecule has 0 aliphatic heterocycles. The van der Waals surface area contributed by atoms with Crippen molar-refractivity contribution in [2.24, 2.45) is 0 Å². The van der Waals surface area contributed by atoms with Crippen molar-refractivity contribution in [2.45, 2.75) is 6.92 Å². The molecule has 0 aliphatic rings. The lowest BCUT2D eigenvalue weighted by Gasteiger charge is -1.93. The van der Waals surface area contributed by atoms with Crippen molar-refractivity contribution in [1.82, 2.24) is 0 Å². The van der Waals surface area contributed by atoms with E-state index in [1.54, 1.807) is 19.1 Å². The fourth-order valence-electron chi connectivity index (χ4n) is 0.863. The van der Waals surface area contributed by atoms with Crippen LogP contribution >= 0.6 is 22.9 Å². The van der Waals surface area contributed by atoms with Crippen LogP contribution in [0.1, 0.15) is 16.6 Å². The summed E-state index contributed by atoms with van der Waals surface area (Å²) in [5, 5.41) is 0. The summed E-state index contributed by atoms with van der Waals surface area (Å²) in [7, 11) is 0. The number of ether oxygens (including phenoxy) is 1. The Balaban J connectivity index is 2.59. The van der Waals surface area contributed by atoms with Crippen LogP contribution in [0.25, 0.3) is 0 Å². The van der Waals surface area contributed by atoms with E-state index in [0.29, 0.717) is 15.8 Å². The van der Waals surface area contributed by atoms with Crippen molar-refractivity contribution >= 4 is 34.7 Å². The van der Waals surface area contributed by atoms with Crippen molar-refractivity contribution in [1.29, 1.82) is 0 Å². The maximum absolute atomic E-state index is 11.4. The fraction of sp³-hybridized carbons (Fsp3) is 0.200. The van der Waals surface area contributed by atoms with Gasteiger partial charge in [0.2, 0.25) is 0 Å². The molecule has 5 heteroatoms. The quantitative estimate of drug-likeness (QED) is 0.465. The Hall–Kier alpha value is -1.13. The van der Waals surface area contributed by atoms with Crippen LogP contribution in [0.15, 0.2) is 24.3 Å². The number of rotatable bonds is 4. The van der Waals surface area contributed by atoms with E-state index >= 15 is 0 Å². The lowest BCUT2D eigenvalue weighted by Crippen LogP contribution is -2.00. The van der Waals surface area contributed by atoms with Gasteiger partial charge in [-0.1, -0.05) is 11.6 Å². The zero-order valence-corrected chi connectivity index (χ0v) is 9.60. The molecule has 80 valence electrons. The van der Waals surface area contributed by atoms with Gasteiger partial charge in [0.25, 0.3) is 0 Å². The summed E-state index contributed by atoms with van der Waals surface area (Å²) in [5.74, 6) is -0.770. The average Bonchev–Trinajstić information content (AvgIpc) is 2.62. The van der Waals surface area contributed by atoms with E-state index in [9.17, 15) is 9.59 Å². The van der Waals surface area contributed by atoms with Crippen molar-refractivity contribution in [3.63, 3.8) is 0 Å². The lowest BCUT2D eigenvalue weighted by molar-refractivity contribution is -0.137. The summed E-state index contributed by atoms with van der Waals surface area (Å²) in [6.45, 7) is 1.99. The largest absolute Gasteiger partial charge is 0.463 e. The third-order valence-electron chi connectivity index (χ3n) is 1.47. The highest BCUT2D eigenvalue weighted by molar-refractivity contribution is 7.18. The molecule has 0 aliphatic carbocycles. The molecule has 1 aromatic rings. The molecule has 1 aromatic heterocycles. The number of carbonyl (C=O) groups excluding carboxylic acids is 2. The molecule has 0 amide bonds. The molecule has 0 unspecified atom stereocenters. The predicted molar refractivity (Wildman–Crippen MR) is 59.4 cm³/mol. The highest BCUT2D eigenvalue weighted by atomic mass is 35.5. The first-order valence-electron chi connectivity index (χ1n) is 4.28. The molecule has 3 nitrogen and oxygen atoms in total. The van der Waals surface area contributed by atoms with Crippen LogP contribution < -0.4 is 0 Å². The number of esters is 1. The molecule has 1 heterocycles. The third-order valence-corrected chi connectivity index (χ3v) is 2.72. The highest BCUT2D eigenvalue weighted by Gasteiger charge is 2.05. The van der Waals surface area contributed by atoms with E-state index in [2.05, 4.69) is 4.74 Å². The van der Waals surface area contributed by atoms with E-state index in [1.165, 1.54) is 17.4 Å². The van der Waals surface area contributed by atoms with E-state index in [1.807, 2.05) is 0 Å². The number of hydrogen-bond donors (Lipinski definition) is 0. The van der Waals surface area contributed by atoms with Crippen LogP contribution in [-0.4, -0.2) is 18.4 Å². The molecule has 15 heavy (non-hydrogen) atoms. The fourth-order valence-corrected chi connectivity index (χ4v) is 1.83. The van der Waals surface area contributed by atoms with Gasteiger partial charge in [-0.2, -0.15) is 0 Å². The molecule has 0 N–H and O–H groups in total. The van der Waals surface area contributed by atoms with Gasteiger partial charge >= 0.3 is 5.97 Å². The second kappa shape index (κ2) is 5.68. The van der Waals surface area contributed by atoms with Gasteiger partial charge in [0, 0.05) is 6.08 Å². The van der Waals surface area contributed by atoms with Gasteiger partial charge < -0.3 is 4.74 Å². The molecule has 0 bridgehead atoms. The minimum Gasteiger partial charge on any atom is -0.463 e. The smallest absolute Gasteiger partial charge is 0.330 e. The summed E-state index contributed by atoms with van der Waals surface area (Å²) < 4.78 is 5.18. The lowest BCUT2D eigenvalue weighted by atomic mass is 10.3. The molecule has 0 atom stereocenters. The summed E-state index contributed by atoms with van der Waals surface area (Å²) in [6.07, 6.45) is 2.29. The molecule has 0 radical (unpaired) electrons. The summed E-state index contributed by atoms with van der Waals surface area (Å²) in [4.78, 5) is 22.8. The van der Waals surface area contributed by atoms with Gasteiger partial charge in [-0.25, -0.2) is 4.79 Å². The van der Waals surface area contributed by atoms with E-state index < -0.39 is 5.97 Å². The molecule has 1 rings (SSSR count). The Morgan fingerprint density at radius 2 is 2.20 bits per heavy atom. The van der Waals surface area contributed by atoms with Crippen molar-refractivity contribution in [2.75, 3.05) is 6.61 Å². The first kappa shape index (κ1) is 11.9. The number of ketones is 1. The zero-order valence-electron chi connectivity index (χ0n) is 8.03. The Labute approximate surface area is 96.3 Å². The van der Waals surface area contributed by atoms with Gasteiger partial charge in [0.15, 0.2) is 5.78 Å². The van der Waals surface area contributed by atoms with Crippen LogP contribution in [0, 0.1) is 0 Å². The van der Waals surface area contributed by atoms with Gasteiger partial charge in [-0.05, 0) is 25.1 Å². The number of carbonyl (C=O) groups is 2. The average molecular weight is 245 g/mol. The molecule has 0 spiro atoms. The summed E-state index contributed by atoms with van der Waals surface area (Å²) in [5.41, 5.74) is 0. The van der Waals surface area contributed by atoms with Crippen LogP contribution in [-0.2, 0) is 9.53 Å². The standard InChI is InChI=1S/C10H9ClO3S/c1-2-14-10(13)6-3-7(12)8-4-5-9(11)15-8/h3-6H,2H2,1H3/b6-3+. The number of halogens is 1. The second-order valence-electron chi connectivity index (χ2n) is 2.55. The van der Waals surface area contributed by atoms with Crippen molar-refractivity contribution in [3.05, 3.63) is 33.5 Å². The Morgan fingerprint density at radius 1 is 1.47 bits per heavy atom. The zero-order chi connectivity index (χ0) is 11.3. The van der Waals surface area contributed by atoms with Gasteiger partial charge in [-0.15, -0.1) is 11.3 Å². The minimum absolute atomic E-state index is 0.250. The van der Waals surface area contributed by atoms with Crippen LogP contribution in [0.2, 0.25) is 4.34 Å². The van der Waals surface area contributed by atoms with Crippen LogP contribution in [0.3, 0.4) is 0 Å². The number of hydrogen-bond acceptors (Lipinski definition) is 4. The number of allylic oxidation sites excluding steroid dienone is 1. The normalized spacial score (nSPS) is 10.5. The van der Waals surface area contributed by atoms with Gasteiger partial charge in [-0.3, -0.25) is 4.79 Å². The first-order chi connectivity index (χ1) is 7.13. The first-order valence-corrected chi connectivity index (χ1v) is 5.47. The SMILES string of the molecule is CCOC(=O)/C=C/C(=O)c1ccc(Cl)s1. The van der Waals surface area contributed by atoms with E-state index in [-0.39, 0.29) is 5.78 Å². The Morgan fingerprint density at radius 3 is 2.73 bits per heavy atom. The van der Waals surface area contributed by atoms with Gasteiger partial charge in [0.1, 0.15) is 0 Å². The highest BCUT2D eigenvalue weighted by Crippen LogP contribution is 2.21. The maximum Gasteiger partial charge on any atom is 0.330 e. The van der Waals surface area contributed by atoms with E-state index in [0.717, 1.165) is 6.08 Å². The predicted octanol–water partition coefficient (Wildman–Crippen LogP) is 2.70.